The van der Waals surface area contributed by atoms with E-state index < -0.39 is 0 Å². The molecule has 1 aromatic heterocycles. The fraction of sp³-hybridized carbons (Fsp3) is 0.217. The van der Waals surface area contributed by atoms with Crippen molar-refractivity contribution in [2.24, 2.45) is 5.92 Å². The Balaban J connectivity index is 1.45. The first-order valence-electron chi connectivity index (χ1n) is 9.58. The molecule has 1 fully saturated rings. The molecule has 0 saturated carbocycles. The third-order valence-electron chi connectivity index (χ3n) is 4.88. The molecule has 3 aromatic rings. The number of rotatable bonds is 5. The number of benzene rings is 2. The quantitative estimate of drug-likeness (QED) is 0.702. The Bertz CT molecular complexity index is 915. The Morgan fingerprint density at radius 1 is 1.00 bits per heavy atom. The van der Waals surface area contributed by atoms with Gasteiger partial charge in [-0.2, -0.15) is 0 Å². The molecule has 1 saturated heterocycles. The number of ether oxygens (including phenoxy) is 1. The Morgan fingerprint density at radius 2 is 1.79 bits per heavy atom. The summed E-state index contributed by atoms with van der Waals surface area (Å²) in [5, 5.41) is 3.06. The summed E-state index contributed by atoms with van der Waals surface area (Å²) in [6, 6.07) is 23.0. The predicted molar refractivity (Wildman–Crippen MR) is 111 cm³/mol. The topological polar surface area (TPSA) is 54.5 Å². The number of carbonyl (C=O) groups is 1. The minimum absolute atomic E-state index is 0.0183. The van der Waals surface area contributed by atoms with Gasteiger partial charge in [-0.05, 0) is 49.2 Å². The number of hydrogen-bond acceptors (Lipinski definition) is 4. The normalized spacial score (nSPS) is 16.4. The van der Waals surface area contributed by atoms with Crippen LogP contribution in [0.15, 0.2) is 79.0 Å². The monoisotopic (exact) mass is 373 g/mol. The summed E-state index contributed by atoms with van der Waals surface area (Å²) >= 11 is 0. The number of aromatic nitrogens is 1. The van der Waals surface area contributed by atoms with Crippen LogP contribution < -0.4 is 15.0 Å². The van der Waals surface area contributed by atoms with Crippen LogP contribution in [0, 0.1) is 5.92 Å². The number of piperidine rings is 1. The van der Waals surface area contributed by atoms with E-state index in [1.807, 2.05) is 72.8 Å². The Morgan fingerprint density at radius 3 is 2.61 bits per heavy atom. The standard InChI is InChI=1S/C23H23N3O2/c27-23(18-9-8-16-26(17-18)22-14-6-7-15-24-22)25-20-12-4-5-13-21(20)28-19-10-2-1-3-11-19/h1-7,10-15,18H,8-9,16-17H2,(H,25,27). The molecule has 142 valence electrons. The van der Waals surface area contributed by atoms with Gasteiger partial charge in [-0.3, -0.25) is 4.79 Å². The van der Waals surface area contributed by atoms with E-state index >= 15 is 0 Å². The van der Waals surface area contributed by atoms with Crippen LogP contribution in [0.4, 0.5) is 11.5 Å². The summed E-state index contributed by atoms with van der Waals surface area (Å²) < 4.78 is 5.95. The molecule has 1 aliphatic rings. The van der Waals surface area contributed by atoms with Crippen molar-refractivity contribution in [1.82, 2.24) is 4.98 Å². The SMILES string of the molecule is O=C(Nc1ccccc1Oc1ccccc1)C1CCCN(c2ccccn2)C1. The zero-order valence-electron chi connectivity index (χ0n) is 15.6. The van der Waals surface area contributed by atoms with Crippen LogP contribution in [-0.4, -0.2) is 24.0 Å². The van der Waals surface area contributed by atoms with E-state index in [0.717, 1.165) is 31.0 Å². The highest BCUT2D eigenvalue weighted by Gasteiger charge is 2.27. The number of anilines is 2. The van der Waals surface area contributed by atoms with Crippen LogP contribution >= 0.6 is 0 Å². The second-order valence-corrected chi connectivity index (χ2v) is 6.87. The van der Waals surface area contributed by atoms with Crippen molar-refractivity contribution >= 4 is 17.4 Å². The molecule has 1 amide bonds. The van der Waals surface area contributed by atoms with Crippen LogP contribution in [0.2, 0.25) is 0 Å². The molecule has 1 atom stereocenters. The third kappa shape index (κ3) is 4.31. The van der Waals surface area contributed by atoms with E-state index in [1.165, 1.54) is 0 Å². The van der Waals surface area contributed by atoms with Gasteiger partial charge in [-0.25, -0.2) is 4.98 Å². The molecule has 28 heavy (non-hydrogen) atoms. The van der Waals surface area contributed by atoms with Gasteiger partial charge in [0.1, 0.15) is 11.6 Å². The fourth-order valence-corrected chi connectivity index (χ4v) is 3.45. The van der Waals surface area contributed by atoms with Gasteiger partial charge in [0, 0.05) is 19.3 Å². The van der Waals surface area contributed by atoms with Crippen molar-refractivity contribution in [2.45, 2.75) is 12.8 Å². The van der Waals surface area contributed by atoms with Crippen molar-refractivity contribution < 1.29 is 9.53 Å². The first kappa shape index (κ1) is 18.0. The molecule has 2 heterocycles. The maximum atomic E-state index is 12.9. The number of amides is 1. The Hall–Kier alpha value is -3.34. The molecular weight excluding hydrogens is 350 g/mol. The predicted octanol–water partition coefficient (Wildman–Crippen LogP) is 4.73. The number of hydrogen-bond donors (Lipinski definition) is 1. The maximum Gasteiger partial charge on any atom is 0.229 e. The van der Waals surface area contributed by atoms with Crippen molar-refractivity contribution in [3.63, 3.8) is 0 Å². The highest BCUT2D eigenvalue weighted by molar-refractivity contribution is 5.94. The maximum absolute atomic E-state index is 12.9. The smallest absolute Gasteiger partial charge is 0.229 e. The summed E-state index contributed by atoms with van der Waals surface area (Å²) in [5.74, 6) is 2.24. The Kier molecular flexibility index (Phi) is 5.52. The van der Waals surface area contributed by atoms with Gasteiger partial charge in [0.2, 0.25) is 5.91 Å². The van der Waals surface area contributed by atoms with Gasteiger partial charge in [0.15, 0.2) is 5.75 Å². The summed E-state index contributed by atoms with van der Waals surface area (Å²) in [7, 11) is 0. The molecule has 0 radical (unpaired) electrons. The van der Waals surface area contributed by atoms with E-state index in [2.05, 4.69) is 15.2 Å². The number of para-hydroxylation sites is 3. The molecule has 0 bridgehead atoms. The van der Waals surface area contributed by atoms with E-state index in [4.69, 9.17) is 4.74 Å². The number of carbonyl (C=O) groups excluding carboxylic acids is 1. The van der Waals surface area contributed by atoms with Gasteiger partial charge in [-0.15, -0.1) is 0 Å². The highest BCUT2D eigenvalue weighted by Crippen LogP contribution is 2.30. The fourth-order valence-electron chi connectivity index (χ4n) is 3.45. The third-order valence-corrected chi connectivity index (χ3v) is 4.88. The van der Waals surface area contributed by atoms with Gasteiger partial charge in [0.05, 0.1) is 11.6 Å². The van der Waals surface area contributed by atoms with Crippen LogP contribution in [-0.2, 0) is 4.79 Å². The van der Waals surface area contributed by atoms with E-state index in [0.29, 0.717) is 18.0 Å². The lowest BCUT2D eigenvalue weighted by Crippen LogP contribution is -2.41. The summed E-state index contributed by atoms with van der Waals surface area (Å²) in [4.78, 5) is 19.5. The highest BCUT2D eigenvalue weighted by atomic mass is 16.5. The van der Waals surface area contributed by atoms with Crippen LogP contribution in [0.25, 0.3) is 0 Å². The van der Waals surface area contributed by atoms with E-state index in [1.54, 1.807) is 6.20 Å². The minimum atomic E-state index is -0.0828. The van der Waals surface area contributed by atoms with Gasteiger partial charge in [-0.1, -0.05) is 36.4 Å². The van der Waals surface area contributed by atoms with E-state index in [-0.39, 0.29) is 11.8 Å². The molecule has 4 rings (SSSR count). The zero-order valence-corrected chi connectivity index (χ0v) is 15.6. The van der Waals surface area contributed by atoms with Crippen molar-refractivity contribution in [2.75, 3.05) is 23.3 Å². The number of nitrogens with one attached hydrogen (secondary N) is 1. The average Bonchev–Trinajstić information content (AvgIpc) is 2.76. The molecule has 2 aromatic carbocycles. The molecule has 0 aliphatic carbocycles. The number of nitrogens with zero attached hydrogens (tertiary/aromatic N) is 2. The second-order valence-electron chi connectivity index (χ2n) is 6.87. The lowest BCUT2D eigenvalue weighted by Gasteiger charge is -2.32. The lowest BCUT2D eigenvalue weighted by atomic mass is 9.97. The Labute approximate surface area is 165 Å². The molecule has 1 N–H and O–H groups in total. The zero-order chi connectivity index (χ0) is 19.2. The summed E-state index contributed by atoms with van der Waals surface area (Å²) in [6.07, 6.45) is 3.63. The van der Waals surface area contributed by atoms with Crippen LogP contribution in [0.3, 0.4) is 0 Å². The second kappa shape index (κ2) is 8.57. The first-order chi connectivity index (χ1) is 13.8. The number of pyridine rings is 1. The first-order valence-corrected chi connectivity index (χ1v) is 9.58. The van der Waals surface area contributed by atoms with Crippen molar-refractivity contribution in [1.29, 1.82) is 0 Å². The molecular formula is C23H23N3O2. The van der Waals surface area contributed by atoms with Crippen LogP contribution in [0.1, 0.15) is 12.8 Å². The van der Waals surface area contributed by atoms with Crippen molar-refractivity contribution in [3.05, 3.63) is 79.0 Å². The minimum Gasteiger partial charge on any atom is -0.455 e. The molecule has 1 unspecified atom stereocenters. The molecule has 5 nitrogen and oxygen atoms in total. The molecule has 5 heteroatoms. The summed E-state index contributed by atoms with van der Waals surface area (Å²) in [5.41, 5.74) is 0.686. The van der Waals surface area contributed by atoms with Gasteiger partial charge >= 0.3 is 0 Å². The average molecular weight is 373 g/mol. The lowest BCUT2D eigenvalue weighted by molar-refractivity contribution is -0.120. The van der Waals surface area contributed by atoms with E-state index in [9.17, 15) is 4.79 Å². The molecule has 1 aliphatic heterocycles. The van der Waals surface area contributed by atoms with Gasteiger partial charge < -0.3 is 15.0 Å². The van der Waals surface area contributed by atoms with Gasteiger partial charge in [0.25, 0.3) is 0 Å². The summed E-state index contributed by atoms with van der Waals surface area (Å²) in [6.45, 7) is 1.60. The largest absolute Gasteiger partial charge is 0.455 e. The van der Waals surface area contributed by atoms with Crippen LogP contribution in [0.5, 0.6) is 11.5 Å². The van der Waals surface area contributed by atoms with Crippen molar-refractivity contribution in [3.8, 4) is 11.5 Å². The molecule has 0 spiro atoms.